The van der Waals surface area contributed by atoms with Crippen molar-refractivity contribution in [3.05, 3.63) is 75.8 Å². The topological polar surface area (TPSA) is 34.4 Å². The molecule has 6 heteroatoms. The predicted molar refractivity (Wildman–Crippen MR) is 94.0 cm³/mol. The molecule has 1 amide bonds. The van der Waals surface area contributed by atoms with Crippen LogP contribution in [0.5, 0.6) is 0 Å². The fraction of sp³-hybridized carbons (Fsp3) is 0.0588. The molecule has 1 aromatic heterocycles. The Morgan fingerprint density at radius 2 is 2.17 bits per heavy atom. The van der Waals surface area contributed by atoms with Crippen molar-refractivity contribution in [3.8, 4) is 0 Å². The van der Waals surface area contributed by atoms with Gasteiger partial charge in [-0.15, -0.1) is 6.58 Å². The summed E-state index contributed by atoms with van der Waals surface area (Å²) >= 11 is 4.85. The lowest BCUT2D eigenvalue weighted by molar-refractivity contribution is 0.0997. The molecule has 3 aromatic rings. The smallest absolute Gasteiger partial charge is 0.279 e. The van der Waals surface area contributed by atoms with E-state index in [0.29, 0.717) is 11.3 Å². The lowest BCUT2D eigenvalue weighted by Crippen LogP contribution is -2.16. The van der Waals surface area contributed by atoms with Crippen molar-refractivity contribution in [1.82, 2.24) is 4.57 Å². The monoisotopic (exact) mass is 390 g/mol. The van der Waals surface area contributed by atoms with Gasteiger partial charge in [0.2, 0.25) is 0 Å². The van der Waals surface area contributed by atoms with Crippen LogP contribution in [0.1, 0.15) is 10.4 Å². The number of rotatable bonds is 3. The van der Waals surface area contributed by atoms with E-state index >= 15 is 0 Å². The number of aromatic nitrogens is 1. The Kier molecular flexibility index (Phi) is 4.54. The van der Waals surface area contributed by atoms with E-state index in [1.54, 1.807) is 12.1 Å². The Bertz CT molecular complexity index is 974. The molecule has 0 unspecified atom stereocenters. The molecule has 0 bridgehead atoms. The van der Waals surface area contributed by atoms with Crippen LogP contribution in [0.15, 0.2) is 64.6 Å². The van der Waals surface area contributed by atoms with Gasteiger partial charge in [-0.05, 0) is 36.4 Å². The van der Waals surface area contributed by atoms with E-state index < -0.39 is 11.7 Å². The molecule has 0 saturated heterocycles. The molecular formula is C17H12BrFN2OS. The first-order valence-corrected chi connectivity index (χ1v) is 8.44. The summed E-state index contributed by atoms with van der Waals surface area (Å²) in [5.74, 6) is -0.918. The Hall–Kier alpha value is -2.05. The third-order valence-corrected chi connectivity index (χ3v) is 4.76. The van der Waals surface area contributed by atoms with Crippen LogP contribution in [0, 0.1) is 5.82 Å². The SMILES string of the molecule is C=CCn1c(=NC(=O)c2cccc(F)c2)sc2cc(Br)ccc21. The second-order valence-electron chi connectivity index (χ2n) is 4.82. The molecule has 3 rings (SSSR count). The fourth-order valence-electron chi connectivity index (χ4n) is 2.21. The predicted octanol–water partition coefficient (Wildman–Crippen LogP) is 4.53. The number of carbonyl (C=O) groups is 1. The first kappa shape index (κ1) is 15.8. The molecular weight excluding hydrogens is 379 g/mol. The molecule has 0 aliphatic heterocycles. The maximum Gasteiger partial charge on any atom is 0.279 e. The standard InChI is InChI=1S/C17H12BrFN2OS/c1-2-8-21-14-7-6-12(18)10-15(14)23-17(21)20-16(22)11-4-3-5-13(19)9-11/h2-7,9-10H,1,8H2. The van der Waals surface area contributed by atoms with Gasteiger partial charge in [0.25, 0.3) is 5.91 Å². The Balaban J connectivity index is 2.16. The molecule has 0 aliphatic carbocycles. The Labute approximate surface area is 144 Å². The minimum atomic E-state index is -0.465. The number of benzene rings is 2. The number of hydrogen-bond donors (Lipinski definition) is 0. The maximum atomic E-state index is 13.3. The summed E-state index contributed by atoms with van der Waals surface area (Å²) in [7, 11) is 0. The third-order valence-electron chi connectivity index (χ3n) is 3.23. The highest BCUT2D eigenvalue weighted by molar-refractivity contribution is 9.10. The van der Waals surface area contributed by atoms with Gasteiger partial charge in [0, 0.05) is 16.6 Å². The van der Waals surface area contributed by atoms with Gasteiger partial charge in [-0.25, -0.2) is 4.39 Å². The first-order chi connectivity index (χ1) is 11.1. The Morgan fingerprint density at radius 1 is 1.35 bits per heavy atom. The number of fused-ring (bicyclic) bond motifs is 1. The van der Waals surface area contributed by atoms with Gasteiger partial charge in [-0.2, -0.15) is 4.99 Å². The summed E-state index contributed by atoms with van der Waals surface area (Å²) in [5, 5.41) is 0. The van der Waals surface area contributed by atoms with Crippen molar-refractivity contribution in [2.45, 2.75) is 6.54 Å². The molecule has 0 spiro atoms. The largest absolute Gasteiger partial charge is 0.312 e. The molecule has 0 atom stereocenters. The zero-order chi connectivity index (χ0) is 16.4. The van der Waals surface area contributed by atoms with E-state index in [1.165, 1.54) is 29.5 Å². The maximum absolute atomic E-state index is 13.3. The van der Waals surface area contributed by atoms with Gasteiger partial charge in [-0.1, -0.05) is 39.4 Å². The summed E-state index contributed by atoms with van der Waals surface area (Å²) in [6.45, 7) is 4.29. The van der Waals surface area contributed by atoms with Crippen LogP contribution in [0.4, 0.5) is 4.39 Å². The average molecular weight is 391 g/mol. The van der Waals surface area contributed by atoms with E-state index in [0.717, 1.165) is 14.7 Å². The zero-order valence-electron chi connectivity index (χ0n) is 12.0. The summed E-state index contributed by atoms with van der Waals surface area (Å²) in [4.78, 5) is 17.0. The van der Waals surface area contributed by atoms with Gasteiger partial charge in [0.15, 0.2) is 4.80 Å². The highest BCUT2D eigenvalue weighted by Crippen LogP contribution is 2.22. The van der Waals surface area contributed by atoms with E-state index in [-0.39, 0.29) is 5.56 Å². The Morgan fingerprint density at radius 3 is 2.91 bits per heavy atom. The number of nitrogens with zero attached hydrogens (tertiary/aromatic N) is 2. The van der Waals surface area contributed by atoms with Gasteiger partial charge in [0.1, 0.15) is 5.82 Å². The van der Waals surface area contributed by atoms with Crippen molar-refractivity contribution < 1.29 is 9.18 Å². The van der Waals surface area contributed by atoms with Crippen LogP contribution in [0.25, 0.3) is 10.2 Å². The second-order valence-corrected chi connectivity index (χ2v) is 6.75. The summed E-state index contributed by atoms with van der Waals surface area (Å²) in [6.07, 6.45) is 1.75. The van der Waals surface area contributed by atoms with E-state index in [9.17, 15) is 9.18 Å². The molecule has 1 heterocycles. The minimum Gasteiger partial charge on any atom is -0.312 e. The summed E-state index contributed by atoms with van der Waals surface area (Å²) in [6, 6.07) is 11.4. The number of allylic oxidation sites excluding steroid dienone is 1. The second kappa shape index (κ2) is 6.60. The van der Waals surface area contributed by atoms with Gasteiger partial charge in [0.05, 0.1) is 10.2 Å². The van der Waals surface area contributed by atoms with Crippen molar-refractivity contribution in [2.24, 2.45) is 4.99 Å². The van der Waals surface area contributed by atoms with Crippen LogP contribution >= 0.6 is 27.3 Å². The number of carbonyl (C=O) groups excluding carboxylic acids is 1. The van der Waals surface area contributed by atoms with Crippen molar-refractivity contribution in [1.29, 1.82) is 0 Å². The van der Waals surface area contributed by atoms with Crippen molar-refractivity contribution >= 4 is 43.4 Å². The van der Waals surface area contributed by atoms with Crippen LogP contribution in [-0.2, 0) is 6.54 Å². The van der Waals surface area contributed by atoms with E-state index in [2.05, 4.69) is 27.5 Å². The molecule has 0 aliphatic rings. The number of amides is 1. The van der Waals surface area contributed by atoms with Crippen LogP contribution < -0.4 is 4.80 Å². The molecule has 2 aromatic carbocycles. The number of thiazole rings is 1. The first-order valence-electron chi connectivity index (χ1n) is 6.83. The van der Waals surface area contributed by atoms with Crippen molar-refractivity contribution in [3.63, 3.8) is 0 Å². The fourth-order valence-corrected chi connectivity index (χ4v) is 3.80. The lowest BCUT2D eigenvalue weighted by Gasteiger charge is -2.01. The van der Waals surface area contributed by atoms with Gasteiger partial charge < -0.3 is 4.57 Å². The molecule has 0 radical (unpaired) electrons. The summed E-state index contributed by atoms with van der Waals surface area (Å²) < 4.78 is 17.1. The van der Waals surface area contributed by atoms with Gasteiger partial charge in [-0.3, -0.25) is 4.79 Å². The average Bonchev–Trinajstić information content (AvgIpc) is 2.84. The molecule has 0 N–H and O–H groups in total. The highest BCUT2D eigenvalue weighted by atomic mass is 79.9. The highest BCUT2D eigenvalue weighted by Gasteiger charge is 2.09. The number of halogens is 2. The molecule has 0 fully saturated rings. The molecule has 0 saturated carbocycles. The third kappa shape index (κ3) is 3.33. The van der Waals surface area contributed by atoms with Crippen LogP contribution in [0.3, 0.4) is 0 Å². The minimum absolute atomic E-state index is 0.230. The quantitative estimate of drug-likeness (QED) is 0.604. The van der Waals surface area contributed by atoms with Crippen LogP contribution in [-0.4, -0.2) is 10.5 Å². The van der Waals surface area contributed by atoms with Crippen LogP contribution in [0.2, 0.25) is 0 Å². The van der Waals surface area contributed by atoms with Crippen molar-refractivity contribution in [2.75, 3.05) is 0 Å². The lowest BCUT2D eigenvalue weighted by atomic mass is 10.2. The summed E-state index contributed by atoms with van der Waals surface area (Å²) in [5.41, 5.74) is 1.21. The molecule has 3 nitrogen and oxygen atoms in total. The van der Waals surface area contributed by atoms with E-state index in [4.69, 9.17) is 0 Å². The van der Waals surface area contributed by atoms with E-state index in [1.807, 2.05) is 22.8 Å². The van der Waals surface area contributed by atoms with Gasteiger partial charge >= 0.3 is 0 Å². The number of hydrogen-bond acceptors (Lipinski definition) is 2. The zero-order valence-corrected chi connectivity index (χ0v) is 14.4. The molecule has 23 heavy (non-hydrogen) atoms. The molecule has 116 valence electrons. The normalized spacial score (nSPS) is 11.8.